The number of hydrogen-bond acceptors (Lipinski definition) is 7. The van der Waals surface area contributed by atoms with Gasteiger partial charge >= 0.3 is 5.97 Å². The highest BCUT2D eigenvalue weighted by atomic mass is 16.6. The quantitative estimate of drug-likeness (QED) is 0.302. The van der Waals surface area contributed by atoms with Gasteiger partial charge in [0.1, 0.15) is 5.69 Å². The largest absolute Gasteiger partial charge is 0.449 e. The highest BCUT2D eigenvalue weighted by Crippen LogP contribution is 2.27. The van der Waals surface area contributed by atoms with Gasteiger partial charge in [-0.1, -0.05) is 18.2 Å². The van der Waals surface area contributed by atoms with Crippen molar-refractivity contribution >= 4 is 29.0 Å². The molecule has 2 aromatic carbocycles. The molecule has 0 bridgehead atoms. The third-order valence-electron chi connectivity index (χ3n) is 4.12. The van der Waals surface area contributed by atoms with Crippen LogP contribution in [0, 0.1) is 10.1 Å². The first kappa shape index (κ1) is 21.5. The van der Waals surface area contributed by atoms with E-state index in [0.29, 0.717) is 6.54 Å². The fourth-order valence-corrected chi connectivity index (χ4v) is 2.65. The second kappa shape index (κ2) is 9.45. The fraction of sp³-hybridized carbons (Fsp3) is 0.250. The van der Waals surface area contributed by atoms with E-state index in [-0.39, 0.29) is 28.1 Å². The molecule has 0 spiro atoms. The molecule has 9 nitrogen and oxygen atoms in total. The minimum absolute atomic E-state index is 0.0205. The van der Waals surface area contributed by atoms with Crippen LogP contribution in [0.3, 0.4) is 0 Å². The van der Waals surface area contributed by atoms with Gasteiger partial charge in [0.15, 0.2) is 11.9 Å². The number of nitro benzene ring substituents is 1. The van der Waals surface area contributed by atoms with Crippen molar-refractivity contribution in [1.82, 2.24) is 5.32 Å². The van der Waals surface area contributed by atoms with Gasteiger partial charge in [-0.2, -0.15) is 0 Å². The molecule has 0 heterocycles. The summed E-state index contributed by atoms with van der Waals surface area (Å²) in [6.07, 6.45) is -1.04. The van der Waals surface area contributed by atoms with E-state index in [1.165, 1.54) is 38.2 Å². The molecule has 9 heteroatoms. The standard InChI is InChI=1S/C20H21N3O6/c1-4-22-19(25)12(2)29-20(26)15-8-6-5-7-14(15)18(24)13-9-10-16(21-3)17(11-13)23(27)28/h5-12,21H,4H2,1-3H3,(H,22,25)/t12-/m1/s1. The molecule has 1 atom stereocenters. The Bertz CT molecular complexity index is 957. The van der Waals surface area contributed by atoms with Gasteiger partial charge in [-0.3, -0.25) is 19.7 Å². The van der Waals surface area contributed by atoms with Crippen molar-refractivity contribution in [3.05, 3.63) is 69.3 Å². The Balaban J connectivity index is 2.36. The third kappa shape index (κ3) is 4.95. The fourth-order valence-electron chi connectivity index (χ4n) is 2.65. The molecule has 0 aromatic heterocycles. The summed E-state index contributed by atoms with van der Waals surface area (Å²) in [4.78, 5) is 47.9. The van der Waals surface area contributed by atoms with Crippen LogP contribution < -0.4 is 10.6 Å². The van der Waals surface area contributed by atoms with Gasteiger partial charge in [0.25, 0.3) is 11.6 Å². The summed E-state index contributed by atoms with van der Waals surface area (Å²) in [5.41, 5.74) is 0.0343. The topological polar surface area (TPSA) is 128 Å². The van der Waals surface area contributed by atoms with Crippen LogP contribution in [0.4, 0.5) is 11.4 Å². The minimum Gasteiger partial charge on any atom is -0.449 e. The highest BCUT2D eigenvalue weighted by molar-refractivity contribution is 6.15. The van der Waals surface area contributed by atoms with Crippen molar-refractivity contribution in [2.24, 2.45) is 0 Å². The van der Waals surface area contributed by atoms with E-state index < -0.39 is 28.7 Å². The number of benzene rings is 2. The SMILES string of the molecule is CCNC(=O)[C@@H](C)OC(=O)c1ccccc1C(=O)c1ccc(NC)c([N+](=O)[O-])c1. The molecular formula is C20H21N3O6. The van der Waals surface area contributed by atoms with E-state index in [4.69, 9.17) is 4.74 Å². The Hall–Kier alpha value is -3.75. The highest BCUT2D eigenvalue weighted by Gasteiger charge is 2.24. The number of rotatable bonds is 8. The van der Waals surface area contributed by atoms with Gasteiger partial charge in [0.05, 0.1) is 10.5 Å². The number of nitrogens with zero attached hydrogens (tertiary/aromatic N) is 1. The van der Waals surface area contributed by atoms with Crippen LogP contribution in [0.5, 0.6) is 0 Å². The molecule has 0 aliphatic rings. The molecule has 0 fully saturated rings. The zero-order valence-corrected chi connectivity index (χ0v) is 16.2. The number of carbonyl (C=O) groups is 3. The number of ether oxygens (including phenoxy) is 1. The van der Waals surface area contributed by atoms with Crippen molar-refractivity contribution in [3.63, 3.8) is 0 Å². The van der Waals surface area contributed by atoms with Crippen molar-refractivity contribution in [2.45, 2.75) is 20.0 Å². The van der Waals surface area contributed by atoms with Crippen molar-refractivity contribution in [1.29, 1.82) is 0 Å². The first-order valence-corrected chi connectivity index (χ1v) is 8.88. The molecule has 1 amide bonds. The van der Waals surface area contributed by atoms with Crippen LogP contribution >= 0.6 is 0 Å². The Kier molecular flexibility index (Phi) is 7.02. The Morgan fingerprint density at radius 1 is 1.14 bits per heavy atom. The van der Waals surface area contributed by atoms with E-state index in [1.807, 2.05) is 0 Å². The van der Waals surface area contributed by atoms with Crippen LogP contribution in [0.2, 0.25) is 0 Å². The summed E-state index contributed by atoms with van der Waals surface area (Å²) in [5, 5.41) is 16.5. The number of amides is 1. The van der Waals surface area contributed by atoms with Crippen molar-refractivity contribution in [2.75, 3.05) is 18.9 Å². The zero-order chi connectivity index (χ0) is 21.6. The molecule has 0 saturated carbocycles. The van der Waals surface area contributed by atoms with E-state index in [0.717, 1.165) is 6.07 Å². The average Bonchev–Trinajstić information content (AvgIpc) is 2.72. The summed E-state index contributed by atoms with van der Waals surface area (Å²) in [5.74, 6) is -1.87. The maximum atomic E-state index is 12.9. The molecule has 2 rings (SSSR count). The van der Waals surface area contributed by atoms with Gasteiger partial charge in [-0.25, -0.2) is 4.79 Å². The maximum absolute atomic E-state index is 12.9. The van der Waals surface area contributed by atoms with E-state index in [9.17, 15) is 24.5 Å². The Morgan fingerprint density at radius 2 is 1.79 bits per heavy atom. The number of nitrogens with one attached hydrogen (secondary N) is 2. The lowest BCUT2D eigenvalue weighted by Gasteiger charge is -2.14. The molecule has 29 heavy (non-hydrogen) atoms. The Labute approximate surface area is 167 Å². The number of esters is 1. The van der Waals surface area contributed by atoms with Gasteiger partial charge in [-0.15, -0.1) is 0 Å². The number of ketones is 1. The molecule has 2 aromatic rings. The molecule has 0 aliphatic heterocycles. The average molecular weight is 399 g/mol. The predicted molar refractivity (Wildman–Crippen MR) is 106 cm³/mol. The number of anilines is 1. The first-order valence-electron chi connectivity index (χ1n) is 8.88. The number of carbonyl (C=O) groups excluding carboxylic acids is 3. The summed E-state index contributed by atoms with van der Waals surface area (Å²) in [6.45, 7) is 3.54. The molecule has 0 unspecified atom stereocenters. The van der Waals surface area contributed by atoms with Crippen molar-refractivity contribution < 1.29 is 24.0 Å². The third-order valence-corrected chi connectivity index (χ3v) is 4.12. The second-order valence-electron chi connectivity index (χ2n) is 6.06. The lowest BCUT2D eigenvalue weighted by Crippen LogP contribution is -2.35. The zero-order valence-electron chi connectivity index (χ0n) is 16.2. The molecule has 0 aliphatic carbocycles. The van der Waals surface area contributed by atoms with Gasteiger partial charge in [0.2, 0.25) is 0 Å². The summed E-state index contributed by atoms with van der Waals surface area (Å²) in [6, 6.07) is 9.94. The van der Waals surface area contributed by atoms with Crippen molar-refractivity contribution in [3.8, 4) is 0 Å². The van der Waals surface area contributed by atoms with E-state index in [2.05, 4.69) is 10.6 Å². The predicted octanol–water partition coefficient (Wildman–Crippen LogP) is 2.55. The smallest absolute Gasteiger partial charge is 0.339 e. The molecule has 2 N–H and O–H groups in total. The normalized spacial score (nSPS) is 11.3. The first-order chi connectivity index (χ1) is 13.8. The monoisotopic (exact) mass is 399 g/mol. The second-order valence-corrected chi connectivity index (χ2v) is 6.06. The van der Waals surface area contributed by atoms with Crippen LogP contribution in [-0.4, -0.2) is 42.3 Å². The number of hydrogen-bond donors (Lipinski definition) is 2. The molecule has 152 valence electrons. The summed E-state index contributed by atoms with van der Waals surface area (Å²) >= 11 is 0. The summed E-state index contributed by atoms with van der Waals surface area (Å²) in [7, 11) is 1.53. The van der Waals surface area contributed by atoms with Crippen LogP contribution in [-0.2, 0) is 9.53 Å². The van der Waals surface area contributed by atoms with Gasteiger partial charge in [-0.05, 0) is 32.0 Å². The Morgan fingerprint density at radius 3 is 2.38 bits per heavy atom. The molecule has 0 radical (unpaired) electrons. The molecule has 0 saturated heterocycles. The van der Waals surface area contributed by atoms with Crippen LogP contribution in [0.1, 0.15) is 40.1 Å². The van der Waals surface area contributed by atoms with Crippen LogP contribution in [0.15, 0.2) is 42.5 Å². The lowest BCUT2D eigenvalue weighted by atomic mass is 9.97. The summed E-state index contributed by atoms with van der Waals surface area (Å²) < 4.78 is 5.15. The number of likely N-dealkylation sites (N-methyl/N-ethyl adjacent to an activating group) is 1. The van der Waals surface area contributed by atoms with Crippen LogP contribution in [0.25, 0.3) is 0 Å². The number of nitro groups is 1. The van der Waals surface area contributed by atoms with Gasteiger partial charge < -0.3 is 15.4 Å². The van der Waals surface area contributed by atoms with E-state index >= 15 is 0 Å². The molecular weight excluding hydrogens is 378 g/mol. The maximum Gasteiger partial charge on any atom is 0.339 e. The van der Waals surface area contributed by atoms with E-state index in [1.54, 1.807) is 19.1 Å². The lowest BCUT2D eigenvalue weighted by molar-refractivity contribution is -0.384. The van der Waals surface area contributed by atoms with Gasteiger partial charge in [0, 0.05) is 30.8 Å². The minimum atomic E-state index is -1.04.